The van der Waals surface area contributed by atoms with Gasteiger partial charge in [-0.25, -0.2) is 0 Å². The van der Waals surface area contributed by atoms with E-state index in [9.17, 15) is 9.59 Å². The van der Waals surface area contributed by atoms with Crippen molar-refractivity contribution in [2.75, 3.05) is 5.75 Å². The van der Waals surface area contributed by atoms with Crippen LogP contribution >= 0.6 is 11.8 Å². The van der Waals surface area contributed by atoms with Gasteiger partial charge in [0.1, 0.15) is 6.04 Å². The fourth-order valence-electron chi connectivity index (χ4n) is 3.17. The van der Waals surface area contributed by atoms with Crippen LogP contribution in [0.4, 0.5) is 0 Å². The third-order valence-electron chi connectivity index (χ3n) is 4.64. The van der Waals surface area contributed by atoms with Crippen molar-refractivity contribution in [3.05, 3.63) is 65.2 Å². The number of nitrogens with zero attached hydrogens (tertiary/aromatic N) is 1. The smallest absolute Gasteiger partial charge is 0.243 e. The number of hydrogen-bond donors (Lipinski definition) is 1. The van der Waals surface area contributed by atoms with Gasteiger partial charge >= 0.3 is 0 Å². The van der Waals surface area contributed by atoms with E-state index < -0.39 is 6.04 Å². The van der Waals surface area contributed by atoms with Crippen LogP contribution in [0.1, 0.15) is 43.9 Å². The average molecular weight is 413 g/mol. The fourth-order valence-corrected chi connectivity index (χ4v) is 3.95. The minimum absolute atomic E-state index is 0.0252. The number of carbonyl (C=O) groups is 2. The molecule has 0 aliphatic rings. The van der Waals surface area contributed by atoms with Gasteiger partial charge in [-0.15, -0.1) is 11.8 Å². The van der Waals surface area contributed by atoms with Crippen molar-refractivity contribution < 1.29 is 9.59 Å². The highest BCUT2D eigenvalue weighted by atomic mass is 32.2. The Bertz CT molecular complexity index is 818. The molecule has 1 atom stereocenters. The maximum Gasteiger partial charge on any atom is 0.243 e. The van der Waals surface area contributed by atoms with Gasteiger partial charge in [-0.2, -0.15) is 0 Å². The molecule has 0 unspecified atom stereocenters. The molecule has 0 aliphatic carbocycles. The van der Waals surface area contributed by atoms with Gasteiger partial charge in [0.25, 0.3) is 0 Å². The van der Waals surface area contributed by atoms with Crippen LogP contribution in [-0.2, 0) is 16.1 Å². The van der Waals surface area contributed by atoms with Crippen molar-refractivity contribution in [3.63, 3.8) is 0 Å². The molecule has 2 rings (SSSR count). The van der Waals surface area contributed by atoms with Gasteiger partial charge in [0.2, 0.25) is 11.8 Å². The summed E-state index contributed by atoms with van der Waals surface area (Å²) in [5, 5.41) is 2.97. The molecule has 2 aromatic carbocycles. The predicted octanol–water partition coefficient (Wildman–Crippen LogP) is 4.73. The fraction of sp³-hybridized carbons (Fsp3) is 0.417. The summed E-state index contributed by atoms with van der Waals surface area (Å²) in [5.74, 6) is 0.187. The second kappa shape index (κ2) is 11.1. The van der Waals surface area contributed by atoms with Gasteiger partial charge in [-0.1, -0.05) is 54.4 Å². The Morgan fingerprint density at radius 1 is 1.03 bits per heavy atom. The van der Waals surface area contributed by atoms with E-state index >= 15 is 0 Å². The SMILES string of the molecule is CC[C@H](C(=O)NC(C)C)N(Cc1cccc(C)c1)C(=O)CSc1ccc(C)cc1. The number of amides is 2. The summed E-state index contributed by atoms with van der Waals surface area (Å²) in [6, 6.07) is 15.8. The molecule has 0 saturated carbocycles. The minimum Gasteiger partial charge on any atom is -0.352 e. The lowest BCUT2D eigenvalue weighted by molar-refractivity contribution is -0.139. The van der Waals surface area contributed by atoms with Gasteiger partial charge in [-0.05, 0) is 51.8 Å². The van der Waals surface area contributed by atoms with E-state index in [1.54, 1.807) is 4.90 Å². The van der Waals surface area contributed by atoms with Crippen molar-refractivity contribution in [2.24, 2.45) is 0 Å². The van der Waals surface area contributed by atoms with Gasteiger partial charge in [0.05, 0.1) is 5.75 Å². The molecule has 0 bridgehead atoms. The highest BCUT2D eigenvalue weighted by molar-refractivity contribution is 8.00. The molecule has 5 heteroatoms. The topological polar surface area (TPSA) is 49.4 Å². The van der Waals surface area contributed by atoms with Crippen LogP contribution in [0.3, 0.4) is 0 Å². The lowest BCUT2D eigenvalue weighted by Gasteiger charge is -2.31. The van der Waals surface area contributed by atoms with Gasteiger partial charge in [0.15, 0.2) is 0 Å². The molecular weight excluding hydrogens is 380 g/mol. The van der Waals surface area contributed by atoms with Crippen molar-refractivity contribution >= 4 is 23.6 Å². The number of aryl methyl sites for hydroxylation is 2. The monoisotopic (exact) mass is 412 g/mol. The molecule has 0 spiro atoms. The molecule has 4 nitrogen and oxygen atoms in total. The van der Waals surface area contributed by atoms with Crippen LogP contribution in [-0.4, -0.2) is 34.6 Å². The van der Waals surface area contributed by atoms with E-state index in [2.05, 4.69) is 11.4 Å². The summed E-state index contributed by atoms with van der Waals surface area (Å²) in [6.07, 6.45) is 0.575. The Morgan fingerprint density at radius 2 is 1.72 bits per heavy atom. The standard InChI is InChI=1S/C24H32N2O2S/c1-6-22(24(28)25-17(2)3)26(15-20-9-7-8-19(5)14-20)23(27)16-29-21-12-10-18(4)11-13-21/h7-14,17,22H,6,15-16H2,1-5H3,(H,25,28)/t22-/m1/s1. The van der Waals surface area contributed by atoms with E-state index in [0.717, 1.165) is 16.0 Å². The minimum atomic E-state index is -0.482. The van der Waals surface area contributed by atoms with E-state index in [-0.39, 0.29) is 17.9 Å². The Morgan fingerprint density at radius 3 is 2.31 bits per heavy atom. The summed E-state index contributed by atoms with van der Waals surface area (Å²) >= 11 is 1.51. The summed E-state index contributed by atoms with van der Waals surface area (Å²) in [5.41, 5.74) is 3.37. The molecule has 2 amide bonds. The van der Waals surface area contributed by atoms with Crippen LogP contribution in [0, 0.1) is 13.8 Å². The zero-order valence-corrected chi connectivity index (χ0v) is 18.9. The first-order valence-corrected chi connectivity index (χ1v) is 11.1. The zero-order valence-electron chi connectivity index (χ0n) is 18.1. The Balaban J connectivity index is 2.20. The van der Waals surface area contributed by atoms with Crippen LogP contribution in [0.5, 0.6) is 0 Å². The van der Waals surface area contributed by atoms with Gasteiger partial charge < -0.3 is 10.2 Å². The number of nitrogens with one attached hydrogen (secondary N) is 1. The molecule has 0 saturated heterocycles. The third-order valence-corrected chi connectivity index (χ3v) is 5.63. The largest absolute Gasteiger partial charge is 0.352 e. The zero-order chi connectivity index (χ0) is 21.4. The molecule has 0 fully saturated rings. The lowest BCUT2D eigenvalue weighted by atomic mass is 10.1. The predicted molar refractivity (Wildman–Crippen MR) is 121 cm³/mol. The number of benzene rings is 2. The summed E-state index contributed by atoms with van der Waals surface area (Å²) in [7, 11) is 0. The van der Waals surface area contributed by atoms with Crippen LogP contribution < -0.4 is 5.32 Å². The van der Waals surface area contributed by atoms with E-state index in [4.69, 9.17) is 0 Å². The summed E-state index contributed by atoms with van der Waals surface area (Å²) < 4.78 is 0. The lowest BCUT2D eigenvalue weighted by Crippen LogP contribution is -2.50. The quantitative estimate of drug-likeness (QED) is 0.606. The van der Waals surface area contributed by atoms with E-state index in [1.165, 1.54) is 17.3 Å². The normalized spacial score (nSPS) is 11.9. The maximum absolute atomic E-state index is 13.2. The van der Waals surface area contributed by atoms with Crippen molar-refractivity contribution in [1.29, 1.82) is 0 Å². The molecule has 2 aromatic rings. The second-order valence-electron chi connectivity index (χ2n) is 7.70. The molecule has 0 radical (unpaired) electrons. The maximum atomic E-state index is 13.2. The Hall–Kier alpha value is -2.27. The Kier molecular flexibility index (Phi) is 8.77. The number of rotatable bonds is 9. The first-order valence-electron chi connectivity index (χ1n) is 10.1. The number of carbonyl (C=O) groups excluding carboxylic acids is 2. The Labute approximate surface area is 179 Å². The first kappa shape index (κ1) is 23.0. The van der Waals surface area contributed by atoms with E-state index in [0.29, 0.717) is 18.7 Å². The van der Waals surface area contributed by atoms with Gasteiger partial charge in [-0.3, -0.25) is 9.59 Å². The second-order valence-corrected chi connectivity index (χ2v) is 8.75. The van der Waals surface area contributed by atoms with Crippen LogP contribution in [0.2, 0.25) is 0 Å². The van der Waals surface area contributed by atoms with Crippen LogP contribution in [0.25, 0.3) is 0 Å². The third kappa shape index (κ3) is 7.24. The summed E-state index contributed by atoms with van der Waals surface area (Å²) in [6.45, 7) is 10.3. The molecule has 1 N–H and O–H groups in total. The van der Waals surface area contributed by atoms with Crippen molar-refractivity contribution in [3.8, 4) is 0 Å². The highest BCUT2D eigenvalue weighted by Crippen LogP contribution is 2.21. The number of thioether (sulfide) groups is 1. The van der Waals surface area contributed by atoms with Crippen molar-refractivity contribution in [2.45, 2.75) is 64.6 Å². The van der Waals surface area contributed by atoms with Crippen molar-refractivity contribution in [1.82, 2.24) is 10.2 Å². The highest BCUT2D eigenvalue weighted by Gasteiger charge is 2.28. The van der Waals surface area contributed by atoms with Gasteiger partial charge in [0, 0.05) is 17.5 Å². The molecule has 156 valence electrons. The molecule has 0 heterocycles. The molecule has 0 aromatic heterocycles. The molecule has 29 heavy (non-hydrogen) atoms. The van der Waals surface area contributed by atoms with E-state index in [1.807, 2.05) is 77.1 Å². The number of hydrogen-bond acceptors (Lipinski definition) is 3. The summed E-state index contributed by atoms with van der Waals surface area (Å²) in [4.78, 5) is 28.8. The first-order chi connectivity index (χ1) is 13.8. The van der Waals surface area contributed by atoms with Crippen LogP contribution in [0.15, 0.2) is 53.4 Å². The molecular formula is C24H32N2O2S. The average Bonchev–Trinajstić information content (AvgIpc) is 2.66. The molecule has 0 aliphatic heterocycles.